The molecule has 0 aliphatic heterocycles. The summed E-state index contributed by atoms with van der Waals surface area (Å²) in [6.45, 7) is 8.17. The van der Waals surface area contributed by atoms with Crippen molar-refractivity contribution in [1.29, 1.82) is 0 Å². The van der Waals surface area contributed by atoms with Crippen LogP contribution < -0.4 is 0 Å². The summed E-state index contributed by atoms with van der Waals surface area (Å²) in [6, 6.07) is 0. The van der Waals surface area contributed by atoms with E-state index in [9.17, 15) is 0 Å². The minimum Gasteiger partial charge on any atom is -0.384 e. The molecular weight excluding hydrogens is 250 g/mol. The Kier molecular flexibility index (Phi) is 6.65. The van der Waals surface area contributed by atoms with Gasteiger partial charge in [-0.25, -0.2) is 4.68 Å². The normalized spacial score (nSPS) is 13.2. The van der Waals surface area contributed by atoms with Gasteiger partial charge in [-0.05, 0) is 24.7 Å². The lowest BCUT2D eigenvalue weighted by atomic mass is 10.1. The van der Waals surface area contributed by atoms with E-state index in [1.54, 1.807) is 7.11 Å². The minimum atomic E-state index is 0.428. The van der Waals surface area contributed by atoms with Crippen LogP contribution in [-0.2, 0) is 23.6 Å². The molecule has 0 saturated heterocycles. The molecule has 0 fully saturated rings. The molecule has 1 atom stereocenters. The van der Waals surface area contributed by atoms with Gasteiger partial charge in [0, 0.05) is 13.7 Å². The summed E-state index contributed by atoms with van der Waals surface area (Å²) < 4.78 is 7.15. The van der Waals surface area contributed by atoms with E-state index < -0.39 is 0 Å². The Balaban J connectivity index is 2.74. The van der Waals surface area contributed by atoms with E-state index in [0.29, 0.717) is 17.7 Å². The Morgan fingerprint density at radius 3 is 2.61 bits per heavy atom. The number of ether oxygens (including phenoxy) is 1. The molecule has 1 aromatic heterocycles. The SMILES string of the molecule is COCC(C)Cn1nnc(CCl)c1CCC(C)C. The molecule has 0 saturated carbocycles. The number of nitrogens with zero attached hydrogens (tertiary/aromatic N) is 3. The number of alkyl halides is 1. The molecule has 1 unspecified atom stereocenters. The van der Waals surface area contributed by atoms with Crippen molar-refractivity contribution < 1.29 is 4.74 Å². The van der Waals surface area contributed by atoms with Crippen molar-refractivity contribution in [3.05, 3.63) is 11.4 Å². The third kappa shape index (κ3) is 4.58. The zero-order valence-electron chi connectivity index (χ0n) is 11.8. The molecule has 4 nitrogen and oxygen atoms in total. The highest BCUT2D eigenvalue weighted by atomic mass is 35.5. The molecule has 5 heteroatoms. The lowest BCUT2D eigenvalue weighted by Gasteiger charge is -2.13. The molecule has 0 radical (unpaired) electrons. The summed E-state index contributed by atoms with van der Waals surface area (Å²) in [5.74, 6) is 1.54. The third-order valence-electron chi connectivity index (χ3n) is 2.94. The van der Waals surface area contributed by atoms with Gasteiger partial charge in [0.1, 0.15) is 5.69 Å². The van der Waals surface area contributed by atoms with Crippen molar-refractivity contribution in [2.75, 3.05) is 13.7 Å². The van der Waals surface area contributed by atoms with Gasteiger partial charge in [0.05, 0.1) is 18.2 Å². The highest BCUT2D eigenvalue weighted by Gasteiger charge is 2.14. The van der Waals surface area contributed by atoms with E-state index in [4.69, 9.17) is 16.3 Å². The molecule has 0 amide bonds. The highest BCUT2D eigenvalue weighted by molar-refractivity contribution is 6.16. The summed E-state index contributed by atoms with van der Waals surface area (Å²) in [6.07, 6.45) is 2.13. The molecule has 1 rings (SSSR count). The van der Waals surface area contributed by atoms with Crippen molar-refractivity contribution in [2.45, 2.75) is 46.0 Å². The maximum Gasteiger partial charge on any atom is 0.101 e. The molecule has 104 valence electrons. The van der Waals surface area contributed by atoms with Gasteiger partial charge in [-0.2, -0.15) is 0 Å². The van der Waals surface area contributed by atoms with Crippen LogP contribution in [0.2, 0.25) is 0 Å². The van der Waals surface area contributed by atoms with Gasteiger partial charge >= 0.3 is 0 Å². The lowest BCUT2D eigenvalue weighted by molar-refractivity contribution is 0.148. The van der Waals surface area contributed by atoms with E-state index in [1.807, 2.05) is 4.68 Å². The summed E-state index contributed by atoms with van der Waals surface area (Å²) in [7, 11) is 1.72. The monoisotopic (exact) mass is 273 g/mol. The molecule has 0 N–H and O–H groups in total. The molecule has 0 spiro atoms. The number of rotatable bonds is 8. The standard InChI is InChI=1S/C13H24ClN3O/c1-10(2)5-6-13-12(7-14)15-16-17(13)8-11(3)9-18-4/h10-11H,5-9H2,1-4H3. The number of halogens is 1. The van der Waals surface area contributed by atoms with Crippen LogP contribution in [0.5, 0.6) is 0 Å². The van der Waals surface area contributed by atoms with E-state index >= 15 is 0 Å². The second-order valence-electron chi connectivity index (χ2n) is 5.29. The van der Waals surface area contributed by atoms with Gasteiger partial charge in [0.25, 0.3) is 0 Å². The first-order valence-electron chi connectivity index (χ1n) is 6.54. The number of methoxy groups -OCH3 is 1. The van der Waals surface area contributed by atoms with Gasteiger partial charge in [-0.1, -0.05) is 26.0 Å². The van der Waals surface area contributed by atoms with Crippen LogP contribution in [-0.4, -0.2) is 28.7 Å². The van der Waals surface area contributed by atoms with Gasteiger partial charge < -0.3 is 4.74 Å². The second kappa shape index (κ2) is 7.74. The van der Waals surface area contributed by atoms with E-state index in [0.717, 1.165) is 31.7 Å². The first kappa shape index (κ1) is 15.4. The molecule has 18 heavy (non-hydrogen) atoms. The predicted octanol–water partition coefficient (Wildman–Crippen LogP) is 2.89. The Hall–Kier alpha value is -0.610. The number of hydrogen-bond donors (Lipinski definition) is 0. The first-order valence-corrected chi connectivity index (χ1v) is 7.08. The molecular formula is C13H24ClN3O. The van der Waals surface area contributed by atoms with Gasteiger partial charge in [0.2, 0.25) is 0 Å². The fourth-order valence-corrected chi connectivity index (χ4v) is 2.16. The zero-order valence-corrected chi connectivity index (χ0v) is 12.6. The molecule has 0 aromatic carbocycles. The maximum absolute atomic E-state index is 5.92. The Morgan fingerprint density at radius 2 is 2.06 bits per heavy atom. The quantitative estimate of drug-likeness (QED) is 0.684. The number of aromatic nitrogens is 3. The van der Waals surface area contributed by atoms with Crippen molar-refractivity contribution in [3.63, 3.8) is 0 Å². The summed E-state index contributed by atoms with van der Waals surface area (Å²) in [5, 5.41) is 8.38. The molecule has 1 aromatic rings. The predicted molar refractivity (Wildman–Crippen MR) is 73.8 cm³/mol. The average molecular weight is 274 g/mol. The smallest absolute Gasteiger partial charge is 0.101 e. The fourth-order valence-electron chi connectivity index (χ4n) is 1.95. The zero-order chi connectivity index (χ0) is 13.5. The number of hydrogen-bond acceptors (Lipinski definition) is 3. The van der Waals surface area contributed by atoms with E-state index in [2.05, 4.69) is 31.1 Å². The fraction of sp³-hybridized carbons (Fsp3) is 0.846. The Morgan fingerprint density at radius 1 is 1.33 bits per heavy atom. The van der Waals surface area contributed by atoms with Crippen LogP contribution in [0.15, 0.2) is 0 Å². The van der Waals surface area contributed by atoms with Crippen molar-refractivity contribution in [2.24, 2.45) is 11.8 Å². The first-order chi connectivity index (χ1) is 8.58. The average Bonchev–Trinajstić information content (AvgIpc) is 2.68. The van der Waals surface area contributed by atoms with Gasteiger partial charge in [0.15, 0.2) is 0 Å². The van der Waals surface area contributed by atoms with Gasteiger partial charge in [-0.15, -0.1) is 16.7 Å². The van der Waals surface area contributed by atoms with Crippen molar-refractivity contribution >= 4 is 11.6 Å². The largest absolute Gasteiger partial charge is 0.384 e. The molecule has 0 aliphatic rings. The van der Waals surface area contributed by atoms with Crippen LogP contribution in [0.4, 0.5) is 0 Å². The van der Waals surface area contributed by atoms with Crippen molar-refractivity contribution in [3.8, 4) is 0 Å². The van der Waals surface area contributed by atoms with Crippen LogP contribution in [0.25, 0.3) is 0 Å². The van der Waals surface area contributed by atoms with Crippen LogP contribution in [0.1, 0.15) is 38.6 Å². The lowest BCUT2D eigenvalue weighted by Crippen LogP contribution is -2.16. The topological polar surface area (TPSA) is 39.9 Å². The van der Waals surface area contributed by atoms with Gasteiger partial charge in [-0.3, -0.25) is 0 Å². The molecule has 1 heterocycles. The Bertz CT molecular complexity index is 352. The highest BCUT2D eigenvalue weighted by Crippen LogP contribution is 2.15. The molecule has 0 bridgehead atoms. The van der Waals surface area contributed by atoms with Crippen LogP contribution in [0.3, 0.4) is 0 Å². The minimum absolute atomic E-state index is 0.428. The van der Waals surface area contributed by atoms with Crippen LogP contribution >= 0.6 is 11.6 Å². The van der Waals surface area contributed by atoms with E-state index in [1.165, 1.54) is 5.69 Å². The van der Waals surface area contributed by atoms with E-state index in [-0.39, 0.29) is 0 Å². The maximum atomic E-state index is 5.92. The summed E-state index contributed by atoms with van der Waals surface area (Å²) >= 11 is 5.92. The second-order valence-corrected chi connectivity index (χ2v) is 5.56. The molecule has 0 aliphatic carbocycles. The summed E-state index contributed by atoms with van der Waals surface area (Å²) in [5.41, 5.74) is 2.10. The third-order valence-corrected chi connectivity index (χ3v) is 3.19. The van der Waals surface area contributed by atoms with Crippen LogP contribution in [0, 0.1) is 11.8 Å². The summed E-state index contributed by atoms with van der Waals surface area (Å²) in [4.78, 5) is 0. The Labute approximate surface area is 115 Å². The van der Waals surface area contributed by atoms with Crippen molar-refractivity contribution in [1.82, 2.24) is 15.0 Å².